The SMILES string of the molecule is CCC(C(=O)NC)N(Cc1ccccc1)C(=O)CCCN(c1cc(Cl)ccc1C)S(C)(=O)=O. The number of sulfonamides is 1. The van der Waals surface area contributed by atoms with E-state index < -0.39 is 16.1 Å². The van der Waals surface area contributed by atoms with Crippen molar-refractivity contribution < 1.29 is 18.0 Å². The number of halogens is 1. The van der Waals surface area contributed by atoms with Crippen LogP contribution in [0.15, 0.2) is 48.5 Å². The van der Waals surface area contributed by atoms with Crippen LogP contribution in [0.2, 0.25) is 5.02 Å². The summed E-state index contributed by atoms with van der Waals surface area (Å²) in [6.07, 6.45) is 2.00. The molecular weight excluding hydrogens is 462 g/mol. The van der Waals surface area contributed by atoms with Crippen LogP contribution in [-0.4, -0.2) is 51.0 Å². The van der Waals surface area contributed by atoms with Gasteiger partial charge in [0.1, 0.15) is 6.04 Å². The molecule has 0 aliphatic heterocycles. The van der Waals surface area contributed by atoms with E-state index in [9.17, 15) is 18.0 Å². The molecule has 0 saturated carbocycles. The molecular formula is C24H32ClN3O4S. The third-order valence-corrected chi connectivity index (χ3v) is 6.84. The van der Waals surface area contributed by atoms with Crippen molar-refractivity contribution in [2.45, 2.75) is 45.7 Å². The van der Waals surface area contributed by atoms with E-state index in [1.165, 1.54) is 4.31 Å². The minimum Gasteiger partial charge on any atom is -0.357 e. The first-order chi connectivity index (χ1) is 15.6. The highest BCUT2D eigenvalue weighted by Gasteiger charge is 2.28. The van der Waals surface area contributed by atoms with Gasteiger partial charge in [-0.2, -0.15) is 0 Å². The van der Waals surface area contributed by atoms with E-state index in [-0.39, 0.29) is 24.8 Å². The third-order valence-electron chi connectivity index (χ3n) is 5.42. The number of carbonyl (C=O) groups is 2. The molecule has 0 bridgehead atoms. The van der Waals surface area contributed by atoms with E-state index in [4.69, 9.17) is 11.6 Å². The molecule has 0 aliphatic rings. The number of hydrogen-bond donors (Lipinski definition) is 1. The minimum atomic E-state index is -3.58. The molecule has 1 N–H and O–H groups in total. The molecule has 9 heteroatoms. The summed E-state index contributed by atoms with van der Waals surface area (Å²) in [6.45, 7) is 4.10. The minimum absolute atomic E-state index is 0.103. The van der Waals surface area contributed by atoms with Crippen LogP contribution in [0.25, 0.3) is 0 Å². The fraction of sp³-hybridized carbons (Fsp3) is 0.417. The Labute approximate surface area is 201 Å². The zero-order valence-corrected chi connectivity index (χ0v) is 21.1. The van der Waals surface area contributed by atoms with Crippen LogP contribution >= 0.6 is 11.6 Å². The fourth-order valence-electron chi connectivity index (χ4n) is 3.70. The van der Waals surface area contributed by atoms with Crippen molar-refractivity contribution in [2.75, 3.05) is 24.2 Å². The maximum absolute atomic E-state index is 13.2. The number of rotatable bonds is 11. The Morgan fingerprint density at radius 3 is 2.36 bits per heavy atom. The number of likely N-dealkylation sites (N-methyl/N-ethyl adjacent to an activating group) is 1. The van der Waals surface area contributed by atoms with Gasteiger partial charge in [0.15, 0.2) is 0 Å². The summed E-state index contributed by atoms with van der Waals surface area (Å²) in [7, 11) is -2.03. The fourth-order valence-corrected chi connectivity index (χ4v) is 4.88. The van der Waals surface area contributed by atoms with Gasteiger partial charge in [0.2, 0.25) is 21.8 Å². The largest absolute Gasteiger partial charge is 0.357 e. The molecule has 0 aromatic heterocycles. The second-order valence-corrected chi connectivity index (χ2v) is 10.3. The normalized spacial score (nSPS) is 12.2. The molecule has 0 fully saturated rings. The number of aryl methyl sites for hydroxylation is 1. The number of anilines is 1. The van der Waals surface area contributed by atoms with Crippen LogP contribution in [0.1, 0.15) is 37.3 Å². The van der Waals surface area contributed by atoms with Gasteiger partial charge in [-0.05, 0) is 43.0 Å². The quantitative estimate of drug-likeness (QED) is 0.516. The molecule has 1 unspecified atom stereocenters. The Hall–Kier alpha value is -2.58. The zero-order valence-electron chi connectivity index (χ0n) is 19.5. The highest BCUT2D eigenvalue weighted by atomic mass is 35.5. The van der Waals surface area contributed by atoms with Crippen LogP contribution < -0.4 is 9.62 Å². The van der Waals surface area contributed by atoms with Gasteiger partial charge in [-0.1, -0.05) is 54.9 Å². The Kier molecular flexibility index (Phi) is 9.73. The highest BCUT2D eigenvalue weighted by molar-refractivity contribution is 7.92. The molecule has 2 amide bonds. The maximum atomic E-state index is 13.2. The molecule has 0 aliphatic carbocycles. The molecule has 2 aromatic rings. The molecule has 7 nitrogen and oxygen atoms in total. The lowest BCUT2D eigenvalue weighted by molar-refractivity contribution is -0.141. The van der Waals surface area contributed by atoms with Crippen molar-refractivity contribution in [3.63, 3.8) is 0 Å². The predicted octanol–water partition coefficient (Wildman–Crippen LogP) is 3.75. The van der Waals surface area contributed by atoms with E-state index in [0.29, 0.717) is 30.1 Å². The van der Waals surface area contributed by atoms with Crippen LogP contribution in [0, 0.1) is 6.92 Å². The van der Waals surface area contributed by atoms with Crippen molar-refractivity contribution in [3.8, 4) is 0 Å². The number of nitrogens with zero attached hydrogens (tertiary/aromatic N) is 2. The monoisotopic (exact) mass is 493 g/mol. The number of amides is 2. The van der Waals surface area contributed by atoms with Gasteiger partial charge in [-0.3, -0.25) is 13.9 Å². The van der Waals surface area contributed by atoms with Gasteiger partial charge in [-0.15, -0.1) is 0 Å². The predicted molar refractivity (Wildman–Crippen MR) is 133 cm³/mol. The van der Waals surface area contributed by atoms with Crippen LogP contribution in [0.5, 0.6) is 0 Å². The van der Waals surface area contributed by atoms with Crippen molar-refractivity contribution in [1.29, 1.82) is 0 Å². The number of benzene rings is 2. The first kappa shape index (κ1) is 26.7. The Morgan fingerprint density at radius 1 is 1.12 bits per heavy atom. The van der Waals surface area contributed by atoms with Gasteiger partial charge < -0.3 is 10.2 Å². The molecule has 2 rings (SSSR count). The second-order valence-electron chi connectivity index (χ2n) is 7.92. The average molecular weight is 494 g/mol. The first-order valence-corrected chi connectivity index (χ1v) is 13.1. The lowest BCUT2D eigenvalue weighted by Gasteiger charge is -2.31. The zero-order chi connectivity index (χ0) is 24.6. The lowest BCUT2D eigenvalue weighted by atomic mass is 10.1. The van der Waals surface area contributed by atoms with E-state index >= 15 is 0 Å². The molecule has 2 aromatic carbocycles. The summed E-state index contributed by atoms with van der Waals surface area (Å²) in [4.78, 5) is 27.2. The van der Waals surface area contributed by atoms with Crippen LogP contribution in [-0.2, 0) is 26.2 Å². The van der Waals surface area contributed by atoms with Gasteiger partial charge in [0.05, 0.1) is 11.9 Å². The Morgan fingerprint density at radius 2 is 1.79 bits per heavy atom. The van der Waals surface area contributed by atoms with Crippen molar-refractivity contribution in [1.82, 2.24) is 10.2 Å². The summed E-state index contributed by atoms with van der Waals surface area (Å²) in [5.41, 5.74) is 2.18. The van der Waals surface area contributed by atoms with Gasteiger partial charge >= 0.3 is 0 Å². The van der Waals surface area contributed by atoms with E-state index in [1.54, 1.807) is 30.1 Å². The Bertz CT molecular complexity index is 1060. The van der Waals surface area contributed by atoms with Crippen molar-refractivity contribution in [3.05, 3.63) is 64.7 Å². The van der Waals surface area contributed by atoms with Gasteiger partial charge in [-0.25, -0.2) is 8.42 Å². The van der Waals surface area contributed by atoms with Crippen molar-refractivity contribution >= 4 is 39.1 Å². The summed E-state index contributed by atoms with van der Waals surface area (Å²) in [5.74, 6) is -0.431. The third kappa shape index (κ3) is 7.47. The van der Waals surface area contributed by atoms with Crippen LogP contribution in [0.4, 0.5) is 5.69 Å². The van der Waals surface area contributed by atoms with Crippen LogP contribution in [0.3, 0.4) is 0 Å². The molecule has 0 radical (unpaired) electrons. The number of carbonyl (C=O) groups excluding carboxylic acids is 2. The molecule has 0 spiro atoms. The summed E-state index contributed by atoms with van der Waals surface area (Å²) < 4.78 is 26.2. The highest BCUT2D eigenvalue weighted by Crippen LogP contribution is 2.27. The molecule has 33 heavy (non-hydrogen) atoms. The number of nitrogens with one attached hydrogen (secondary N) is 1. The summed E-state index contributed by atoms with van der Waals surface area (Å²) in [5, 5.41) is 3.07. The molecule has 0 heterocycles. The molecule has 0 saturated heterocycles. The van der Waals surface area contributed by atoms with E-state index in [0.717, 1.165) is 17.4 Å². The van der Waals surface area contributed by atoms with E-state index in [1.807, 2.05) is 44.2 Å². The first-order valence-electron chi connectivity index (χ1n) is 10.9. The van der Waals surface area contributed by atoms with Gasteiger partial charge in [0.25, 0.3) is 0 Å². The summed E-state index contributed by atoms with van der Waals surface area (Å²) in [6, 6.07) is 13.9. The standard InChI is InChI=1S/C24H32ClN3O4S/c1-5-21(24(30)26-3)27(17-19-10-7-6-8-11-19)23(29)12-9-15-28(33(4,31)32)22-16-20(25)14-13-18(22)2/h6-8,10-11,13-14,16,21H,5,9,12,15,17H2,1-4H3,(H,26,30). The van der Waals surface area contributed by atoms with E-state index in [2.05, 4.69) is 5.32 Å². The maximum Gasteiger partial charge on any atom is 0.242 e. The smallest absolute Gasteiger partial charge is 0.242 e. The average Bonchev–Trinajstić information content (AvgIpc) is 2.78. The number of hydrogen-bond acceptors (Lipinski definition) is 4. The topological polar surface area (TPSA) is 86.8 Å². The van der Waals surface area contributed by atoms with Gasteiger partial charge in [0, 0.05) is 31.6 Å². The summed E-state index contributed by atoms with van der Waals surface area (Å²) >= 11 is 6.09. The van der Waals surface area contributed by atoms with Crippen molar-refractivity contribution in [2.24, 2.45) is 0 Å². The molecule has 180 valence electrons. The lowest BCUT2D eigenvalue weighted by Crippen LogP contribution is -2.48. The second kappa shape index (κ2) is 12.0. The molecule has 1 atom stereocenters. The Balaban J connectivity index is 2.20.